The van der Waals surface area contributed by atoms with Crippen molar-refractivity contribution < 1.29 is 14.7 Å². The molecule has 2 aliphatic rings. The molecule has 1 aliphatic carbocycles. The number of hydrogen-bond donors (Lipinski definition) is 2. The molecule has 0 spiro atoms. The van der Waals surface area contributed by atoms with Gasteiger partial charge in [-0.25, -0.2) is 4.79 Å². The first-order valence-electron chi connectivity index (χ1n) is 15.3. The molecule has 6 rings (SSSR count). The molecule has 42 heavy (non-hydrogen) atoms. The molecule has 1 saturated carbocycles. The lowest BCUT2D eigenvalue weighted by Crippen LogP contribution is -2.46. The maximum absolute atomic E-state index is 13.3. The Kier molecular flexibility index (Phi) is 7.67. The number of aromatic nitrogens is 1. The molecule has 6 heteroatoms. The third-order valence-corrected chi connectivity index (χ3v) is 9.53. The molecule has 1 saturated heterocycles. The molecule has 2 heterocycles. The summed E-state index contributed by atoms with van der Waals surface area (Å²) in [5.41, 5.74) is 8.17. The van der Waals surface area contributed by atoms with Crippen LogP contribution in [0.1, 0.15) is 75.7 Å². The lowest BCUT2D eigenvalue weighted by atomic mass is 9.91. The Morgan fingerprint density at radius 1 is 0.976 bits per heavy atom. The quantitative estimate of drug-likeness (QED) is 0.243. The average molecular weight is 564 g/mol. The van der Waals surface area contributed by atoms with Crippen molar-refractivity contribution in [3.05, 3.63) is 94.2 Å². The monoisotopic (exact) mass is 563 g/mol. The number of carbonyl (C=O) groups is 2. The highest BCUT2D eigenvalue weighted by Crippen LogP contribution is 2.32. The van der Waals surface area contributed by atoms with E-state index in [2.05, 4.69) is 53.8 Å². The summed E-state index contributed by atoms with van der Waals surface area (Å²) < 4.78 is 2.30. The number of nitrogens with zero attached hydrogens (tertiary/aromatic N) is 2. The van der Waals surface area contributed by atoms with Crippen LogP contribution in [0, 0.1) is 26.7 Å². The zero-order chi connectivity index (χ0) is 29.5. The first-order valence-corrected chi connectivity index (χ1v) is 15.3. The third kappa shape index (κ3) is 5.60. The number of aromatic carboxylic acids is 1. The van der Waals surface area contributed by atoms with E-state index in [9.17, 15) is 14.7 Å². The molecule has 218 valence electrons. The second-order valence-corrected chi connectivity index (χ2v) is 12.5. The van der Waals surface area contributed by atoms with E-state index in [4.69, 9.17) is 0 Å². The van der Waals surface area contributed by atoms with Crippen LogP contribution in [-0.4, -0.2) is 51.6 Å². The number of carboxylic acids is 1. The molecule has 1 unspecified atom stereocenters. The van der Waals surface area contributed by atoms with E-state index in [0.717, 1.165) is 45.7 Å². The number of hydrogen-bond acceptors (Lipinski definition) is 3. The Balaban J connectivity index is 1.19. The van der Waals surface area contributed by atoms with Crippen molar-refractivity contribution in [1.29, 1.82) is 0 Å². The SMILES string of the molecule is Cc1ccc(-c2ccc(Cn3c(C)c(C)c4cc(C(=O)N[C@@H](C)C5CCCN(C6CC6)C5)ccc43)cc2)c(C(=O)O)c1. The summed E-state index contributed by atoms with van der Waals surface area (Å²) in [6.45, 7) is 11.3. The molecule has 1 amide bonds. The van der Waals surface area contributed by atoms with E-state index in [1.54, 1.807) is 6.07 Å². The number of aryl methyl sites for hydroxylation is 2. The minimum atomic E-state index is -0.917. The molecule has 0 bridgehead atoms. The number of rotatable bonds is 8. The molecule has 3 aromatic carbocycles. The average Bonchev–Trinajstić information content (AvgIpc) is 3.82. The van der Waals surface area contributed by atoms with Gasteiger partial charge in [0, 0.05) is 47.3 Å². The molecular weight excluding hydrogens is 522 g/mol. The summed E-state index contributed by atoms with van der Waals surface area (Å²) in [5, 5.41) is 14.1. The summed E-state index contributed by atoms with van der Waals surface area (Å²) >= 11 is 0. The lowest BCUT2D eigenvalue weighted by molar-refractivity contribution is 0.0697. The van der Waals surface area contributed by atoms with Crippen LogP contribution in [0.2, 0.25) is 0 Å². The summed E-state index contributed by atoms with van der Waals surface area (Å²) in [7, 11) is 0. The van der Waals surface area contributed by atoms with E-state index in [1.807, 2.05) is 43.3 Å². The van der Waals surface area contributed by atoms with Crippen molar-refractivity contribution in [1.82, 2.24) is 14.8 Å². The van der Waals surface area contributed by atoms with E-state index in [1.165, 1.54) is 43.5 Å². The second-order valence-electron chi connectivity index (χ2n) is 12.5. The van der Waals surface area contributed by atoms with E-state index >= 15 is 0 Å². The summed E-state index contributed by atoms with van der Waals surface area (Å²) in [4.78, 5) is 27.8. The molecule has 2 atom stereocenters. The fourth-order valence-electron chi connectivity index (χ4n) is 6.68. The van der Waals surface area contributed by atoms with E-state index in [0.29, 0.717) is 23.6 Å². The molecular formula is C36H41N3O3. The van der Waals surface area contributed by atoms with Gasteiger partial charge in [0.1, 0.15) is 0 Å². The van der Waals surface area contributed by atoms with Crippen LogP contribution in [0.3, 0.4) is 0 Å². The standard InChI is InChI=1S/C36H41N3O3/c1-22-7-15-31(33(18-22)36(41)42)27-10-8-26(9-11-27)20-39-25(4)23(2)32-19-28(12-16-34(32)39)35(40)37-24(3)29-6-5-17-38(21-29)30-13-14-30/h7-12,15-16,18-19,24,29-30H,5-6,13-14,17,20-21H2,1-4H3,(H,37,40)(H,41,42)/t24-,29?/m0/s1. The largest absolute Gasteiger partial charge is 0.478 e. The van der Waals surface area contributed by atoms with Crippen LogP contribution < -0.4 is 5.32 Å². The molecule has 4 aromatic rings. The summed E-state index contributed by atoms with van der Waals surface area (Å²) in [6, 6.07) is 20.7. The van der Waals surface area contributed by atoms with Crippen LogP contribution in [0.15, 0.2) is 60.7 Å². The molecule has 1 aromatic heterocycles. The van der Waals surface area contributed by atoms with E-state index < -0.39 is 5.97 Å². The van der Waals surface area contributed by atoms with Crippen LogP contribution in [0.5, 0.6) is 0 Å². The maximum atomic E-state index is 13.3. The van der Waals surface area contributed by atoms with Crippen molar-refractivity contribution in [3.63, 3.8) is 0 Å². The highest BCUT2D eigenvalue weighted by atomic mass is 16.4. The van der Waals surface area contributed by atoms with Crippen LogP contribution in [-0.2, 0) is 6.54 Å². The number of piperidine rings is 1. The number of benzene rings is 3. The zero-order valence-corrected chi connectivity index (χ0v) is 25.1. The van der Waals surface area contributed by atoms with Crippen LogP contribution >= 0.6 is 0 Å². The van der Waals surface area contributed by atoms with Gasteiger partial charge in [0.2, 0.25) is 0 Å². The van der Waals surface area contributed by atoms with Gasteiger partial charge in [-0.3, -0.25) is 4.79 Å². The predicted octanol–water partition coefficient (Wildman–Crippen LogP) is 6.97. The lowest BCUT2D eigenvalue weighted by Gasteiger charge is -2.36. The number of carbonyl (C=O) groups excluding carboxylic acids is 1. The fourth-order valence-corrected chi connectivity index (χ4v) is 6.68. The number of fused-ring (bicyclic) bond motifs is 1. The normalized spacial score (nSPS) is 18.2. The Morgan fingerprint density at radius 2 is 1.74 bits per heavy atom. The fraction of sp³-hybridized carbons (Fsp3) is 0.389. The predicted molar refractivity (Wildman–Crippen MR) is 168 cm³/mol. The summed E-state index contributed by atoms with van der Waals surface area (Å²) in [6.07, 6.45) is 5.06. The highest BCUT2D eigenvalue weighted by molar-refractivity contribution is 5.99. The van der Waals surface area contributed by atoms with Crippen molar-refractivity contribution in [2.75, 3.05) is 13.1 Å². The minimum absolute atomic E-state index is 0.00479. The Labute approximate surface area is 248 Å². The first kappa shape index (κ1) is 28.2. The van der Waals surface area contributed by atoms with Gasteiger partial charge in [-0.2, -0.15) is 0 Å². The van der Waals surface area contributed by atoms with Crippen molar-refractivity contribution in [2.24, 2.45) is 5.92 Å². The van der Waals surface area contributed by atoms with Gasteiger partial charge in [-0.1, -0.05) is 42.0 Å². The van der Waals surface area contributed by atoms with Gasteiger partial charge in [0.05, 0.1) is 5.56 Å². The smallest absolute Gasteiger partial charge is 0.336 e. The number of likely N-dealkylation sites (tertiary alicyclic amines) is 1. The van der Waals surface area contributed by atoms with Gasteiger partial charge in [0.15, 0.2) is 0 Å². The van der Waals surface area contributed by atoms with Crippen LogP contribution in [0.4, 0.5) is 0 Å². The minimum Gasteiger partial charge on any atom is -0.478 e. The van der Waals surface area contributed by atoms with Gasteiger partial charge in [0.25, 0.3) is 5.91 Å². The van der Waals surface area contributed by atoms with Gasteiger partial charge in [-0.15, -0.1) is 0 Å². The summed E-state index contributed by atoms with van der Waals surface area (Å²) in [5.74, 6) is -0.408. The molecule has 0 radical (unpaired) electrons. The van der Waals surface area contributed by atoms with Crippen molar-refractivity contribution in [2.45, 2.75) is 72.0 Å². The topological polar surface area (TPSA) is 74.6 Å². The molecule has 2 fully saturated rings. The Hall–Kier alpha value is -3.90. The first-order chi connectivity index (χ1) is 20.2. The molecule has 6 nitrogen and oxygen atoms in total. The van der Waals surface area contributed by atoms with E-state index in [-0.39, 0.29) is 11.9 Å². The highest BCUT2D eigenvalue weighted by Gasteiger charge is 2.34. The van der Waals surface area contributed by atoms with Crippen molar-refractivity contribution in [3.8, 4) is 11.1 Å². The number of amides is 1. The van der Waals surface area contributed by atoms with Gasteiger partial charge in [-0.05, 0) is 112 Å². The molecule has 1 aliphatic heterocycles. The zero-order valence-electron chi connectivity index (χ0n) is 25.1. The molecule has 2 N–H and O–H groups in total. The Morgan fingerprint density at radius 3 is 2.45 bits per heavy atom. The van der Waals surface area contributed by atoms with Crippen LogP contribution in [0.25, 0.3) is 22.0 Å². The maximum Gasteiger partial charge on any atom is 0.336 e. The van der Waals surface area contributed by atoms with Gasteiger partial charge >= 0.3 is 5.97 Å². The van der Waals surface area contributed by atoms with Crippen molar-refractivity contribution >= 4 is 22.8 Å². The number of nitrogens with one attached hydrogen (secondary N) is 1. The third-order valence-electron chi connectivity index (χ3n) is 9.53. The Bertz CT molecular complexity index is 1650. The number of carboxylic acid groups (broad SMARTS) is 1. The second kappa shape index (κ2) is 11.4. The van der Waals surface area contributed by atoms with Gasteiger partial charge < -0.3 is 19.9 Å².